The molecule has 0 fully saturated rings. The third-order valence-electron chi connectivity index (χ3n) is 3.16. The standard InChI is InChI=1S/C16H17N3O4/c1-11-9-10-13(15(17-11)19(21)22)23-14(16(20)18(2)3)12-7-5-4-6-8-12/h4-10,14H,1-3H3/t14-/m1/s1. The van der Waals surface area contributed by atoms with Crippen LogP contribution in [0.1, 0.15) is 17.4 Å². The number of aromatic nitrogens is 1. The highest BCUT2D eigenvalue weighted by atomic mass is 16.6. The molecule has 7 heteroatoms. The molecule has 1 heterocycles. The Hall–Kier alpha value is -2.96. The molecule has 0 aliphatic heterocycles. The molecule has 0 aliphatic carbocycles. The normalized spacial score (nSPS) is 11.6. The zero-order valence-corrected chi connectivity index (χ0v) is 13.1. The van der Waals surface area contributed by atoms with Gasteiger partial charge in [-0.15, -0.1) is 0 Å². The van der Waals surface area contributed by atoms with Gasteiger partial charge in [0.05, 0.1) is 0 Å². The van der Waals surface area contributed by atoms with Crippen LogP contribution in [0, 0.1) is 17.0 Å². The maximum absolute atomic E-state index is 12.4. The van der Waals surface area contributed by atoms with Gasteiger partial charge in [-0.1, -0.05) is 30.3 Å². The Kier molecular flexibility index (Phi) is 4.90. The average molecular weight is 315 g/mol. The fourth-order valence-electron chi connectivity index (χ4n) is 2.00. The molecule has 0 saturated carbocycles. The van der Waals surface area contributed by atoms with E-state index in [2.05, 4.69) is 4.98 Å². The number of benzene rings is 1. The van der Waals surface area contributed by atoms with Gasteiger partial charge in [-0.3, -0.25) is 4.79 Å². The van der Waals surface area contributed by atoms with E-state index >= 15 is 0 Å². The van der Waals surface area contributed by atoms with Gasteiger partial charge in [0.25, 0.3) is 5.91 Å². The number of rotatable bonds is 5. The minimum Gasteiger partial charge on any atom is -0.467 e. The number of ether oxygens (including phenoxy) is 1. The number of likely N-dealkylation sites (N-methyl/N-ethyl adjacent to an activating group) is 1. The number of nitrogens with zero attached hydrogens (tertiary/aromatic N) is 3. The molecule has 0 unspecified atom stereocenters. The van der Waals surface area contributed by atoms with Crippen molar-refractivity contribution in [1.82, 2.24) is 9.88 Å². The second-order valence-corrected chi connectivity index (χ2v) is 5.17. The molecule has 7 nitrogen and oxygen atoms in total. The van der Waals surface area contributed by atoms with Crippen LogP contribution in [0.2, 0.25) is 0 Å². The third-order valence-corrected chi connectivity index (χ3v) is 3.16. The monoisotopic (exact) mass is 315 g/mol. The summed E-state index contributed by atoms with van der Waals surface area (Å²) in [6, 6.07) is 11.9. The zero-order chi connectivity index (χ0) is 17.0. The minimum atomic E-state index is -0.977. The van der Waals surface area contributed by atoms with Crippen molar-refractivity contribution in [3.63, 3.8) is 0 Å². The number of hydrogen-bond acceptors (Lipinski definition) is 5. The van der Waals surface area contributed by atoms with E-state index in [1.165, 1.54) is 11.0 Å². The Morgan fingerprint density at radius 3 is 2.43 bits per heavy atom. The second-order valence-electron chi connectivity index (χ2n) is 5.17. The molecule has 1 aromatic carbocycles. The molecule has 23 heavy (non-hydrogen) atoms. The zero-order valence-electron chi connectivity index (χ0n) is 13.1. The van der Waals surface area contributed by atoms with Gasteiger partial charge in [0.1, 0.15) is 5.69 Å². The predicted octanol–water partition coefficient (Wildman–Crippen LogP) is 2.51. The summed E-state index contributed by atoms with van der Waals surface area (Å²) in [5.41, 5.74) is 1.11. The molecule has 0 spiro atoms. The summed E-state index contributed by atoms with van der Waals surface area (Å²) in [6.07, 6.45) is -0.977. The number of carbonyl (C=O) groups is 1. The fourth-order valence-corrected chi connectivity index (χ4v) is 2.00. The van der Waals surface area contributed by atoms with Gasteiger partial charge in [-0.05, 0) is 22.0 Å². The lowest BCUT2D eigenvalue weighted by molar-refractivity contribution is -0.390. The van der Waals surface area contributed by atoms with Crippen LogP contribution in [0.25, 0.3) is 0 Å². The van der Waals surface area contributed by atoms with Gasteiger partial charge in [-0.2, -0.15) is 0 Å². The molecule has 0 aliphatic rings. The van der Waals surface area contributed by atoms with Gasteiger partial charge in [0, 0.05) is 26.6 Å². The highest BCUT2D eigenvalue weighted by Gasteiger charge is 2.28. The summed E-state index contributed by atoms with van der Waals surface area (Å²) >= 11 is 0. The number of aryl methyl sites for hydroxylation is 1. The molecule has 1 aromatic heterocycles. The topological polar surface area (TPSA) is 85.6 Å². The van der Waals surface area contributed by atoms with Crippen LogP contribution < -0.4 is 4.74 Å². The van der Waals surface area contributed by atoms with Gasteiger partial charge in [0.2, 0.25) is 11.9 Å². The number of hydrogen-bond donors (Lipinski definition) is 0. The number of pyridine rings is 1. The summed E-state index contributed by atoms with van der Waals surface area (Å²) in [5, 5.41) is 11.2. The minimum absolute atomic E-state index is 0.0374. The quantitative estimate of drug-likeness (QED) is 0.625. The molecule has 2 aromatic rings. The molecular formula is C16H17N3O4. The van der Waals surface area contributed by atoms with Crippen LogP contribution in [0.5, 0.6) is 5.75 Å². The van der Waals surface area contributed by atoms with Crippen molar-refractivity contribution in [2.45, 2.75) is 13.0 Å². The summed E-state index contributed by atoms with van der Waals surface area (Å²) in [6.45, 7) is 1.65. The van der Waals surface area contributed by atoms with Crippen molar-refractivity contribution in [3.05, 3.63) is 63.8 Å². The van der Waals surface area contributed by atoms with Crippen LogP contribution in [0.15, 0.2) is 42.5 Å². The van der Waals surface area contributed by atoms with Gasteiger partial charge in [0.15, 0.2) is 0 Å². The van der Waals surface area contributed by atoms with E-state index in [-0.39, 0.29) is 11.7 Å². The van der Waals surface area contributed by atoms with Crippen molar-refractivity contribution in [3.8, 4) is 5.75 Å². The fraction of sp³-hybridized carbons (Fsp3) is 0.250. The summed E-state index contributed by atoms with van der Waals surface area (Å²) < 4.78 is 5.68. The van der Waals surface area contributed by atoms with Crippen molar-refractivity contribution >= 4 is 11.7 Å². The Labute approximate surface area is 133 Å². The van der Waals surface area contributed by atoms with E-state index in [4.69, 9.17) is 4.74 Å². The summed E-state index contributed by atoms with van der Waals surface area (Å²) in [5.74, 6) is -0.756. The molecular weight excluding hydrogens is 298 g/mol. The first-order chi connectivity index (χ1) is 10.9. The molecule has 0 radical (unpaired) electrons. The van der Waals surface area contributed by atoms with Crippen LogP contribution in [0.3, 0.4) is 0 Å². The van der Waals surface area contributed by atoms with Crippen LogP contribution in [-0.4, -0.2) is 34.8 Å². The smallest absolute Gasteiger partial charge is 0.406 e. The molecule has 0 saturated heterocycles. The lowest BCUT2D eigenvalue weighted by atomic mass is 10.1. The van der Waals surface area contributed by atoms with E-state index in [0.717, 1.165) is 0 Å². The van der Waals surface area contributed by atoms with Crippen molar-refractivity contribution in [2.24, 2.45) is 0 Å². The van der Waals surface area contributed by atoms with Crippen molar-refractivity contribution in [1.29, 1.82) is 0 Å². The molecule has 0 bridgehead atoms. The van der Waals surface area contributed by atoms with E-state index < -0.39 is 16.8 Å². The molecule has 1 atom stereocenters. The lowest BCUT2D eigenvalue weighted by Gasteiger charge is -2.21. The predicted molar refractivity (Wildman–Crippen MR) is 84.1 cm³/mol. The SMILES string of the molecule is Cc1ccc(O[C@@H](C(=O)N(C)C)c2ccccc2)c([N+](=O)[O-])n1. The maximum Gasteiger partial charge on any atom is 0.406 e. The van der Waals surface area contributed by atoms with Crippen molar-refractivity contribution in [2.75, 3.05) is 14.1 Å². The summed E-state index contributed by atoms with van der Waals surface area (Å²) in [4.78, 5) is 28.2. The summed E-state index contributed by atoms with van der Waals surface area (Å²) in [7, 11) is 3.20. The van der Waals surface area contributed by atoms with Crippen LogP contribution in [0.4, 0.5) is 5.82 Å². The molecule has 2 rings (SSSR count). The van der Waals surface area contributed by atoms with Gasteiger partial charge >= 0.3 is 5.82 Å². The molecule has 120 valence electrons. The van der Waals surface area contributed by atoms with E-state index in [0.29, 0.717) is 11.3 Å². The highest BCUT2D eigenvalue weighted by Crippen LogP contribution is 2.30. The number of carbonyl (C=O) groups excluding carboxylic acids is 1. The van der Waals surface area contributed by atoms with Gasteiger partial charge < -0.3 is 19.8 Å². The Morgan fingerprint density at radius 2 is 1.87 bits per heavy atom. The van der Waals surface area contributed by atoms with E-state index in [1.807, 2.05) is 6.07 Å². The third kappa shape index (κ3) is 3.82. The van der Waals surface area contributed by atoms with Crippen molar-refractivity contribution < 1.29 is 14.5 Å². The largest absolute Gasteiger partial charge is 0.467 e. The average Bonchev–Trinajstić information content (AvgIpc) is 2.53. The molecule has 1 amide bonds. The van der Waals surface area contributed by atoms with Crippen LogP contribution >= 0.6 is 0 Å². The number of amides is 1. The van der Waals surface area contributed by atoms with E-state index in [1.54, 1.807) is 51.4 Å². The highest BCUT2D eigenvalue weighted by molar-refractivity contribution is 5.82. The Bertz CT molecular complexity index is 717. The Morgan fingerprint density at radius 1 is 1.22 bits per heavy atom. The maximum atomic E-state index is 12.4. The first-order valence-electron chi connectivity index (χ1n) is 6.95. The number of nitro groups is 1. The lowest BCUT2D eigenvalue weighted by Crippen LogP contribution is -2.31. The van der Waals surface area contributed by atoms with E-state index in [9.17, 15) is 14.9 Å². The van der Waals surface area contributed by atoms with Gasteiger partial charge in [-0.25, -0.2) is 0 Å². The second kappa shape index (κ2) is 6.87. The molecule has 0 N–H and O–H groups in total. The first-order valence-corrected chi connectivity index (χ1v) is 6.95. The first kappa shape index (κ1) is 16.4. The Balaban J connectivity index is 2.43. The van der Waals surface area contributed by atoms with Crippen LogP contribution in [-0.2, 0) is 4.79 Å².